The van der Waals surface area contributed by atoms with E-state index in [9.17, 15) is 9.59 Å². The van der Waals surface area contributed by atoms with Gasteiger partial charge < -0.3 is 10.6 Å². The number of carbonyl (C=O) groups excluding carboxylic acids is 2. The van der Waals surface area contributed by atoms with E-state index in [0.717, 1.165) is 31.2 Å². The van der Waals surface area contributed by atoms with Crippen molar-refractivity contribution in [3.05, 3.63) is 35.4 Å². The van der Waals surface area contributed by atoms with E-state index >= 15 is 0 Å². The molecule has 0 aliphatic heterocycles. The number of rotatable bonds is 7. The van der Waals surface area contributed by atoms with E-state index in [4.69, 9.17) is 0 Å². The summed E-state index contributed by atoms with van der Waals surface area (Å²) in [7, 11) is 0. The fourth-order valence-electron chi connectivity index (χ4n) is 2.04. The minimum atomic E-state index is -0.571. The van der Waals surface area contributed by atoms with Gasteiger partial charge in [0, 0.05) is 6.54 Å². The highest BCUT2D eigenvalue weighted by Gasteiger charge is 2.16. The molecule has 4 nitrogen and oxygen atoms in total. The molecule has 1 atom stereocenters. The summed E-state index contributed by atoms with van der Waals surface area (Å²) in [6, 6.07) is 7.89. The van der Waals surface area contributed by atoms with Crippen molar-refractivity contribution in [2.24, 2.45) is 0 Å². The average molecular weight is 290 g/mol. The predicted octanol–water partition coefficient (Wildman–Crippen LogP) is 2.73. The van der Waals surface area contributed by atoms with Crippen LogP contribution in [-0.4, -0.2) is 18.4 Å². The van der Waals surface area contributed by atoms with E-state index in [1.54, 1.807) is 0 Å². The summed E-state index contributed by atoms with van der Waals surface area (Å²) in [5, 5.41) is 5.36. The summed E-state index contributed by atoms with van der Waals surface area (Å²) in [4.78, 5) is 23.4. The van der Waals surface area contributed by atoms with Gasteiger partial charge in [-0.25, -0.2) is 0 Å². The first-order chi connectivity index (χ1) is 10.1. The van der Waals surface area contributed by atoms with Crippen LogP contribution < -0.4 is 10.6 Å². The highest BCUT2D eigenvalue weighted by Crippen LogP contribution is 2.13. The van der Waals surface area contributed by atoms with Gasteiger partial charge in [-0.3, -0.25) is 9.59 Å². The van der Waals surface area contributed by atoms with Gasteiger partial charge in [-0.2, -0.15) is 0 Å². The molecule has 21 heavy (non-hydrogen) atoms. The van der Waals surface area contributed by atoms with E-state index in [1.165, 1.54) is 5.56 Å². The summed E-state index contributed by atoms with van der Waals surface area (Å²) < 4.78 is 0. The fourth-order valence-corrected chi connectivity index (χ4v) is 2.04. The zero-order valence-electron chi connectivity index (χ0n) is 13.2. The van der Waals surface area contributed by atoms with Gasteiger partial charge in [0.1, 0.15) is 0 Å². The molecule has 0 aliphatic carbocycles. The Morgan fingerprint density at radius 2 is 1.71 bits per heavy atom. The third-order valence-corrected chi connectivity index (χ3v) is 3.51. The number of aryl methyl sites for hydroxylation is 1. The molecule has 2 amide bonds. The van der Waals surface area contributed by atoms with Crippen LogP contribution in [0.2, 0.25) is 0 Å². The van der Waals surface area contributed by atoms with Crippen molar-refractivity contribution in [3.63, 3.8) is 0 Å². The molecule has 1 rings (SSSR count). The lowest BCUT2D eigenvalue weighted by Gasteiger charge is -2.14. The maximum absolute atomic E-state index is 11.8. The van der Waals surface area contributed by atoms with Crippen molar-refractivity contribution in [1.29, 1.82) is 0 Å². The molecule has 4 heteroatoms. The maximum atomic E-state index is 11.8. The van der Waals surface area contributed by atoms with E-state index in [2.05, 4.69) is 24.5 Å². The van der Waals surface area contributed by atoms with Gasteiger partial charge in [0.15, 0.2) is 0 Å². The van der Waals surface area contributed by atoms with Crippen molar-refractivity contribution in [2.45, 2.75) is 52.5 Å². The first-order valence-corrected chi connectivity index (χ1v) is 7.76. The number of amides is 2. The predicted molar refractivity (Wildman–Crippen MR) is 84.9 cm³/mol. The maximum Gasteiger partial charge on any atom is 0.309 e. The second-order valence-electron chi connectivity index (χ2n) is 5.25. The lowest BCUT2D eigenvalue weighted by atomic mass is 10.1. The van der Waals surface area contributed by atoms with Crippen molar-refractivity contribution in [2.75, 3.05) is 6.54 Å². The molecule has 0 spiro atoms. The number of hydrogen-bond donors (Lipinski definition) is 2. The van der Waals surface area contributed by atoms with Crippen LogP contribution in [0.15, 0.2) is 24.3 Å². The van der Waals surface area contributed by atoms with Crippen LogP contribution >= 0.6 is 0 Å². The van der Waals surface area contributed by atoms with Gasteiger partial charge in [0.25, 0.3) is 0 Å². The molecule has 0 aliphatic rings. The summed E-state index contributed by atoms with van der Waals surface area (Å²) in [6.45, 7) is 6.63. The van der Waals surface area contributed by atoms with Crippen LogP contribution in [0.3, 0.4) is 0 Å². The van der Waals surface area contributed by atoms with Crippen LogP contribution in [0, 0.1) is 0 Å². The van der Waals surface area contributed by atoms with Crippen molar-refractivity contribution in [3.8, 4) is 0 Å². The Bertz CT molecular complexity index is 454. The molecule has 1 unspecified atom stereocenters. The number of hydrogen-bond acceptors (Lipinski definition) is 2. The molecule has 1 aromatic rings. The second-order valence-corrected chi connectivity index (χ2v) is 5.25. The highest BCUT2D eigenvalue weighted by atomic mass is 16.2. The third kappa shape index (κ3) is 5.98. The number of benzene rings is 1. The first-order valence-electron chi connectivity index (χ1n) is 7.76. The Hall–Kier alpha value is -1.84. The molecule has 2 N–H and O–H groups in total. The normalized spacial score (nSPS) is 11.8. The van der Waals surface area contributed by atoms with Gasteiger partial charge in [0.2, 0.25) is 0 Å². The fraction of sp³-hybridized carbons (Fsp3) is 0.529. The first kappa shape index (κ1) is 17.2. The molecule has 1 aromatic carbocycles. The Morgan fingerprint density at radius 3 is 2.29 bits per heavy atom. The summed E-state index contributed by atoms with van der Waals surface area (Å²) in [5.74, 6) is -1.12. The van der Waals surface area contributed by atoms with Crippen molar-refractivity contribution >= 4 is 11.8 Å². The third-order valence-electron chi connectivity index (χ3n) is 3.51. The van der Waals surface area contributed by atoms with Crippen LogP contribution in [0.1, 0.15) is 57.2 Å². The molecule has 0 bridgehead atoms. The van der Waals surface area contributed by atoms with E-state index < -0.39 is 11.8 Å². The SMILES string of the molecule is CCCCCNC(=O)C(=O)NC(C)c1ccc(CC)cc1. The lowest BCUT2D eigenvalue weighted by molar-refractivity contribution is -0.139. The topological polar surface area (TPSA) is 58.2 Å². The van der Waals surface area contributed by atoms with Crippen LogP contribution in [0.4, 0.5) is 0 Å². The molecule has 0 fully saturated rings. The molecule has 116 valence electrons. The van der Waals surface area contributed by atoms with E-state index in [0.29, 0.717) is 6.54 Å². The molecule has 0 heterocycles. The van der Waals surface area contributed by atoms with Crippen LogP contribution in [-0.2, 0) is 16.0 Å². The van der Waals surface area contributed by atoms with E-state index in [-0.39, 0.29) is 6.04 Å². The van der Waals surface area contributed by atoms with Gasteiger partial charge in [-0.05, 0) is 30.9 Å². The highest BCUT2D eigenvalue weighted by molar-refractivity contribution is 6.35. The standard InChI is InChI=1S/C17H26N2O2/c1-4-6-7-12-18-16(20)17(21)19-13(3)15-10-8-14(5-2)9-11-15/h8-11,13H,4-7,12H2,1-3H3,(H,18,20)(H,19,21). The molecule has 0 aromatic heterocycles. The van der Waals surface area contributed by atoms with Crippen molar-refractivity contribution in [1.82, 2.24) is 10.6 Å². The van der Waals surface area contributed by atoms with Crippen LogP contribution in [0.5, 0.6) is 0 Å². The summed E-state index contributed by atoms with van der Waals surface area (Å²) >= 11 is 0. The largest absolute Gasteiger partial charge is 0.348 e. The van der Waals surface area contributed by atoms with Gasteiger partial charge in [0.05, 0.1) is 6.04 Å². The lowest BCUT2D eigenvalue weighted by Crippen LogP contribution is -2.41. The zero-order chi connectivity index (χ0) is 15.7. The van der Waals surface area contributed by atoms with Gasteiger partial charge >= 0.3 is 11.8 Å². The molecular formula is C17H26N2O2. The number of nitrogens with one attached hydrogen (secondary N) is 2. The Labute approximate surface area is 127 Å². The smallest absolute Gasteiger partial charge is 0.309 e. The van der Waals surface area contributed by atoms with Crippen LogP contribution in [0.25, 0.3) is 0 Å². The van der Waals surface area contributed by atoms with Gasteiger partial charge in [-0.15, -0.1) is 0 Å². The molecule has 0 saturated carbocycles. The number of unbranched alkanes of at least 4 members (excludes halogenated alkanes) is 2. The minimum Gasteiger partial charge on any atom is -0.348 e. The number of carbonyl (C=O) groups is 2. The monoisotopic (exact) mass is 290 g/mol. The Kier molecular flexibility index (Phi) is 7.51. The second kappa shape index (κ2) is 9.16. The van der Waals surface area contributed by atoms with Crippen molar-refractivity contribution < 1.29 is 9.59 Å². The summed E-state index contributed by atoms with van der Waals surface area (Å²) in [6.07, 6.45) is 4.04. The minimum absolute atomic E-state index is 0.176. The molecular weight excluding hydrogens is 264 g/mol. The molecule has 0 radical (unpaired) electrons. The quantitative estimate of drug-likeness (QED) is 0.599. The molecule has 0 saturated heterocycles. The Morgan fingerprint density at radius 1 is 1.05 bits per heavy atom. The Balaban J connectivity index is 2.43. The average Bonchev–Trinajstić information content (AvgIpc) is 2.51. The van der Waals surface area contributed by atoms with E-state index in [1.807, 2.05) is 31.2 Å². The zero-order valence-corrected chi connectivity index (χ0v) is 13.2. The summed E-state index contributed by atoms with van der Waals surface area (Å²) in [5.41, 5.74) is 2.25. The van der Waals surface area contributed by atoms with Gasteiger partial charge in [-0.1, -0.05) is 51.0 Å².